The molecule has 24 heavy (non-hydrogen) atoms. The van der Waals surface area contributed by atoms with Gasteiger partial charge in [-0.3, -0.25) is 0 Å². The molecule has 0 spiro atoms. The summed E-state index contributed by atoms with van der Waals surface area (Å²) in [5.41, 5.74) is 1.64. The summed E-state index contributed by atoms with van der Waals surface area (Å²) in [6.07, 6.45) is 3.74. The number of hydrogen-bond acceptors (Lipinski definition) is 3. The second-order valence-corrected chi connectivity index (χ2v) is 6.51. The van der Waals surface area contributed by atoms with Gasteiger partial charge in [-0.2, -0.15) is 0 Å². The number of hydrogen-bond donors (Lipinski definition) is 1. The van der Waals surface area contributed by atoms with E-state index in [9.17, 15) is 4.79 Å². The normalized spacial score (nSPS) is 17.8. The number of halogens is 1. The van der Waals surface area contributed by atoms with E-state index in [1.165, 1.54) is 0 Å². The second-order valence-electron chi connectivity index (χ2n) is 6.10. The van der Waals surface area contributed by atoms with Crippen LogP contribution in [0.15, 0.2) is 24.5 Å². The van der Waals surface area contributed by atoms with Gasteiger partial charge in [0.25, 0.3) is 0 Å². The minimum Gasteiger partial charge on any atom is -0.324 e. The average molecular weight is 348 g/mol. The molecule has 1 aromatic carbocycles. The van der Waals surface area contributed by atoms with E-state index in [-0.39, 0.29) is 11.9 Å². The Balaban J connectivity index is 1.70. The van der Waals surface area contributed by atoms with Crippen LogP contribution in [0.5, 0.6) is 0 Å². The molecule has 0 radical (unpaired) electrons. The predicted octanol–water partition coefficient (Wildman–Crippen LogP) is 3.67. The highest BCUT2D eigenvalue weighted by atomic mass is 35.5. The molecule has 0 saturated carbocycles. The number of nitrogens with zero attached hydrogens (tertiary/aromatic N) is 4. The largest absolute Gasteiger partial charge is 0.324 e. The number of anilines is 1. The van der Waals surface area contributed by atoms with Crippen molar-refractivity contribution in [2.75, 3.05) is 18.4 Å². The van der Waals surface area contributed by atoms with Crippen LogP contribution in [0.2, 0.25) is 5.02 Å². The molecular formula is C17H22ClN5O. The molecule has 128 valence electrons. The SMILES string of the molecule is CCn1cnnc1[C@@H]1CCCN(C(=O)Nc2cccc(Cl)c2C)C1. The summed E-state index contributed by atoms with van der Waals surface area (Å²) in [6, 6.07) is 5.44. The summed E-state index contributed by atoms with van der Waals surface area (Å²) >= 11 is 6.12. The standard InChI is InChI=1S/C17H22ClN5O/c1-3-22-11-19-21-16(22)13-6-5-9-23(10-13)17(24)20-15-8-4-7-14(18)12(15)2/h4,7-8,11,13H,3,5-6,9-10H2,1-2H3,(H,20,24)/t13-/m1/s1. The van der Waals surface area contributed by atoms with Gasteiger partial charge < -0.3 is 14.8 Å². The zero-order chi connectivity index (χ0) is 17.1. The van der Waals surface area contributed by atoms with Gasteiger partial charge in [0.05, 0.1) is 0 Å². The third-order valence-electron chi connectivity index (χ3n) is 4.57. The number of rotatable bonds is 3. The Morgan fingerprint density at radius 1 is 1.46 bits per heavy atom. The molecular weight excluding hydrogens is 326 g/mol. The molecule has 6 nitrogen and oxygen atoms in total. The number of nitrogens with one attached hydrogen (secondary N) is 1. The molecule has 1 saturated heterocycles. The Labute approximate surface area is 146 Å². The first kappa shape index (κ1) is 16.8. The molecule has 0 unspecified atom stereocenters. The van der Waals surface area contributed by atoms with Crippen LogP contribution in [-0.2, 0) is 6.54 Å². The zero-order valence-corrected chi connectivity index (χ0v) is 14.8. The minimum absolute atomic E-state index is 0.0902. The topological polar surface area (TPSA) is 63.1 Å². The van der Waals surface area contributed by atoms with Crippen LogP contribution < -0.4 is 5.32 Å². The number of carbonyl (C=O) groups excluding carboxylic acids is 1. The number of aryl methyl sites for hydroxylation is 1. The monoisotopic (exact) mass is 347 g/mol. The maximum absolute atomic E-state index is 12.6. The smallest absolute Gasteiger partial charge is 0.321 e. The molecule has 0 bridgehead atoms. The van der Waals surface area contributed by atoms with E-state index in [1.54, 1.807) is 6.33 Å². The summed E-state index contributed by atoms with van der Waals surface area (Å²) in [6.45, 7) is 6.22. The number of aromatic nitrogens is 3. The Kier molecular flexibility index (Phi) is 5.04. The van der Waals surface area contributed by atoms with Crippen molar-refractivity contribution in [2.24, 2.45) is 0 Å². The van der Waals surface area contributed by atoms with Gasteiger partial charge in [-0.15, -0.1) is 10.2 Å². The van der Waals surface area contributed by atoms with Gasteiger partial charge in [-0.1, -0.05) is 17.7 Å². The quantitative estimate of drug-likeness (QED) is 0.921. The first-order valence-electron chi connectivity index (χ1n) is 8.29. The van der Waals surface area contributed by atoms with Crippen molar-refractivity contribution in [3.8, 4) is 0 Å². The average Bonchev–Trinajstić information content (AvgIpc) is 3.08. The van der Waals surface area contributed by atoms with E-state index in [4.69, 9.17) is 11.6 Å². The molecule has 7 heteroatoms. The summed E-state index contributed by atoms with van der Waals surface area (Å²) < 4.78 is 2.05. The number of piperidine rings is 1. The van der Waals surface area contributed by atoms with Crippen LogP contribution in [0.3, 0.4) is 0 Å². The molecule has 1 aliphatic heterocycles. The van der Waals surface area contributed by atoms with Crippen LogP contribution in [0.25, 0.3) is 0 Å². The fraction of sp³-hybridized carbons (Fsp3) is 0.471. The van der Waals surface area contributed by atoms with Crippen molar-refractivity contribution in [1.82, 2.24) is 19.7 Å². The Bertz CT molecular complexity index is 730. The predicted molar refractivity (Wildman–Crippen MR) is 94.5 cm³/mol. The lowest BCUT2D eigenvalue weighted by Gasteiger charge is -2.32. The van der Waals surface area contributed by atoms with Crippen molar-refractivity contribution < 1.29 is 4.79 Å². The molecule has 2 heterocycles. The Hall–Kier alpha value is -2.08. The van der Waals surface area contributed by atoms with E-state index in [0.717, 1.165) is 43.0 Å². The number of benzene rings is 1. The Morgan fingerprint density at radius 2 is 2.29 bits per heavy atom. The van der Waals surface area contributed by atoms with Crippen LogP contribution in [0, 0.1) is 6.92 Å². The molecule has 1 N–H and O–H groups in total. The molecule has 2 amide bonds. The van der Waals surface area contributed by atoms with Gasteiger partial charge in [0.15, 0.2) is 0 Å². The summed E-state index contributed by atoms with van der Waals surface area (Å²) in [5.74, 6) is 1.20. The molecule has 0 aliphatic carbocycles. The lowest BCUT2D eigenvalue weighted by Crippen LogP contribution is -2.42. The molecule has 2 aromatic rings. The fourth-order valence-corrected chi connectivity index (χ4v) is 3.31. The molecule has 1 aromatic heterocycles. The molecule has 1 aliphatic rings. The number of urea groups is 1. The lowest BCUT2D eigenvalue weighted by molar-refractivity contribution is 0.190. The maximum atomic E-state index is 12.6. The third kappa shape index (κ3) is 3.38. The van der Waals surface area contributed by atoms with Crippen molar-refractivity contribution >= 4 is 23.3 Å². The van der Waals surface area contributed by atoms with E-state index >= 15 is 0 Å². The van der Waals surface area contributed by atoms with Crippen molar-refractivity contribution in [3.05, 3.63) is 40.9 Å². The molecule has 1 fully saturated rings. The summed E-state index contributed by atoms with van der Waals surface area (Å²) in [7, 11) is 0. The van der Waals surface area contributed by atoms with Gasteiger partial charge in [0.2, 0.25) is 0 Å². The number of likely N-dealkylation sites (tertiary alicyclic amines) is 1. The van der Waals surface area contributed by atoms with E-state index < -0.39 is 0 Å². The third-order valence-corrected chi connectivity index (χ3v) is 4.98. The van der Waals surface area contributed by atoms with Crippen LogP contribution in [0.1, 0.15) is 37.1 Å². The second kappa shape index (κ2) is 7.21. The van der Waals surface area contributed by atoms with Crippen LogP contribution in [-0.4, -0.2) is 38.8 Å². The van der Waals surface area contributed by atoms with Crippen LogP contribution in [0.4, 0.5) is 10.5 Å². The lowest BCUT2D eigenvalue weighted by atomic mass is 9.97. The summed E-state index contributed by atoms with van der Waals surface area (Å²) in [5, 5.41) is 11.9. The van der Waals surface area contributed by atoms with Crippen molar-refractivity contribution in [3.63, 3.8) is 0 Å². The van der Waals surface area contributed by atoms with Gasteiger partial charge in [0, 0.05) is 36.3 Å². The highest BCUT2D eigenvalue weighted by Gasteiger charge is 2.28. The molecule has 1 atom stereocenters. The zero-order valence-electron chi connectivity index (χ0n) is 14.0. The maximum Gasteiger partial charge on any atom is 0.321 e. The van der Waals surface area contributed by atoms with E-state index in [2.05, 4.69) is 22.4 Å². The summed E-state index contributed by atoms with van der Waals surface area (Å²) in [4.78, 5) is 14.5. The van der Waals surface area contributed by atoms with Gasteiger partial charge in [0.1, 0.15) is 12.2 Å². The minimum atomic E-state index is -0.0902. The van der Waals surface area contributed by atoms with Gasteiger partial charge in [-0.05, 0) is 44.4 Å². The first-order valence-corrected chi connectivity index (χ1v) is 8.66. The van der Waals surface area contributed by atoms with Gasteiger partial charge >= 0.3 is 6.03 Å². The van der Waals surface area contributed by atoms with Gasteiger partial charge in [-0.25, -0.2) is 4.79 Å². The van der Waals surface area contributed by atoms with Crippen molar-refractivity contribution in [1.29, 1.82) is 0 Å². The first-order chi connectivity index (χ1) is 11.6. The number of carbonyl (C=O) groups is 1. The van der Waals surface area contributed by atoms with E-state index in [1.807, 2.05) is 34.6 Å². The van der Waals surface area contributed by atoms with Crippen molar-refractivity contribution in [2.45, 2.75) is 39.2 Å². The highest BCUT2D eigenvalue weighted by molar-refractivity contribution is 6.31. The molecule has 3 rings (SSSR count). The van der Waals surface area contributed by atoms with Crippen LogP contribution >= 0.6 is 11.6 Å². The Morgan fingerprint density at radius 3 is 3.08 bits per heavy atom. The fourth-order valence-electron chi connectivity index (χ4n) is 3.13. The number of amides is 2. The highest BCUT2D eigenvalue weighted by Crippen LogP contribution is 2.27. The van der Waals surface area contributed by atoms with E-state index in [0.29, 0.717) is 11.6 Å².